The maximum absolute atomic E-state index is 12.8. The summed E-state index contributed by atoms with van der Waals surface area (Å²) in [5.41, 5.74) is 0.855. The molecule has 1 radical (unpaired) electrons. The third kappa shape index (κ3) is 6.04. The SMILES string of the molecule is C[C@@H](CNc1ccc(F)cc1)NC(=O)[CH]CC1CCCCC1. The van der Waals surface area contributed by atoms with E-state index in [0.29, 0.717) is 12.5 Å². The van der Waals surface area contributed by atoms with Crippen LogP contribution in [0, 0.1) is 18.2 Å². The monoisotopic (exact) mass is 305 g/mol. The molecule has 1 saturated carbocycles. The van der Waals surface area contributed by atoms with Gasteiger partial charge in [0.1, 0.15) is 5.82 Å². The highest BCUT2D eigenvalue weighted by molar-refractivity contribution is 5.84. The second-order valence-electron chi connectivity index (χ2n) is 6.24. The predicted octanol–water partition coefficient (Wildman–Crippen LogP) is 3.92. The number of nitrogens with one attached hydrogen (secondary N) is 2. The second kappa shape index (κ2) is 8.76. The minimum absolute atomic E-state index is 0.0129. The summed E-state index contributed by atoms with van der Waals surface area (Å²) < 4.78 is 12.8. The molecule has 1 atom stereocenters. The zero-order valence-electron chi connectivity index (χ0n) is 13.3. The first-order valence-corrected chi connectivity index (χ1v) is 8.26. The van der Waals surface area contributed by atoms with E-state index in [1.807, 2.05) is 6.92 Å². The molecular weight excluding hydrogens is 279 g/mol. The normalized spacial score (nSPS) is 17.0. The first-order valence-electron chi connectivity index (χ1n) is 8.26. The van der Waals surface area contributed by atoms with Crippen LogP contribution in [0.3, 0.4) is 0 Å². The molecular formula is C18H26FN2O. The highest BCUT2D eigenvalue weighted by Crippen LogP contribution is 2.26. The summed E-state index contributed by atoms with van der Waals surface area (Å²) >= 11 is 0. The van der Waals surface area contributed by atoms with Gasteiger partial charge in [-0.05, 0) is 43.5 Å². The predicted molar refractivity (Wildman–Crippen MR) is 88.0 cm³/mol. The van der Waals surface area contributed by atoms with Crippen molar-refractivity contribution in [1.29, 1.82) is 0 Å². The van der Waals surface area contributed by atoms with Gasteiger partial charge in [0.2, 0.25) is 5.91 Å². The summed E-state index contributed by atoms with van der Waals surface area (Å²) in [4.78, 5) is 11.9. The van der Waals surface area contributed by atoms with Crippen molar-refractivity contribution >= 4 is 11.6 Å². The lowest BCUT2D eigenvalue weighted by molar-refractivity contribution is -0.118. The second-order valence-corrected chi connectivity index (χ2v) is 6.24. The molecule has 2 rings (SSSR count). The molecule has 0 bridgehead atoms. The minimum atomic E-state index is -0.246. The van der Waals surface area contributed by atoms with Crippen LogP contribution in [0.2, 0.25) is 0 Å². The number of carbonyl (C=O) groups is 1. The summed E-state index contributed by atoms with van der Waals surface area (Å²) in [7, 11) is 0. The summed E-state index contributed by atoms with van der Waals surface area (Å²) in [6.07, 6.45) is 9.15. The van der Waals surface area contributed by atoms with Gasteiger partial charge < -0.3 is 10.6 Å². The van der Waals surface area contributed by atoms with Gasteiger partial charge in [0, 0.05) is 24.7 Å². The van der Waals surface area contributed by atoms with Crippen molar-refractivity contribution in [1.82, 2.24) is 5.32 Å². The minimum Gasteiger partial charge on any atom is -0.383 e. The maximum Gasteiger partial charge on any atom is 0.224 e. The molecule has 1 aliphatic rings. The van der Waals surface area contributed by atoms with E-state index in [-0.39, 0.29) is 17.8 Å². The molecule has 1 aromatic rings. The molecule has 22 heavy (non-hydrogen) atoms. The largest absolute Gasteiger partial charge is 0.383 e. The molecule has 1 aliphatic carbocycles. The Hall–Kier alpha value is -1.58. The number of hydrogen-bond acceptors (Lipinski definition) is 2. The van der Waals surface area contributed by atoms with Gasteiger partial charge in [0.25, 0.3) is 0 Å². The van der Waals surface area contributed by atoms with Crippen LogP contribution in [0.5, 0.6) is 0 Å². The fourth-order valence-corrected chi connectivity index (χ4v) is 2.89. The summed E-state index contributed by atoms with van der Waals surface area (Å²) in [5, 5.41) is 6.16. The Labute approximate surface area is 132 Å². The summed E-state index contributed by atoms with van der Waals surface area (Å²) in [6.45, 7) is 2.58. The van der Waals surface area contributed by atoms with Crippen LogP contribution in [0.15, 0.2) is 24.3 Å². The van der Waals surface area contributed by atoms with Gasteiger partial charge in [-0.15, -0.1) is 0 Å². The Bertz CT molecular complexity index is 455. The van der Waals surface area contributed by atoms with Gasteiger partial charge >= 0.3 is 0 Å². The fourth-order valence-electron chi connectivity index (χ4n) is 2.89. The Balaban J connectivity index is 1.62. The highest BCUT2D eigenvalue weighted by atomic mass is 19.1. The van der Waals surface area contributed by atoms with Gasteiger partial charge in [-0.25, -0.2) is 4.39 Å². The summed E-state index contributed by atoms with van der Waals surface area (Å²) in [5.74, 6) is 0.454. The van der Waals surface area contributed by atoms with E-state index in [2.05, 4.69) is 10.6 Å². The van der Waals surface area contributed by atoms with Gasteiger partial charge in [-0.2, -0.15) is 0 Å². The van der Waals surface area contributed by atoms with Crippen LogP contribution in [-0.4, -0.2) is 18.5 Å². The molecule has 1 aromatic carbocycles. The van der Waals surface area contributed by atoms with Crippen molar-refractivity contribution in [3.8, 4) is 0 Å². The number of rotatable bonds is 7. The zero-order valence-corrected chi connectivity index (χ0v) is 13.3. The number of benzene rings is 1. The van der Waals surface area contributed by atoms with E-state index >= 15 is 0 Å². The van der Waals surface area contributed by atoms with E-state index in [9.17, 15) is 9.18 Å². The van der Waals surface area contributed by atoms with Gasteiger partial charge in [-0.1, -0.05) is 32.1 Å². The van der Waals surface area contributed by atoms with E-state index in [4.69, 9.17) is 0 Å². The van der Waals surface area contributed by atoms with Crippen molar-refractivity contribution in [3.63, 3.8) is 0 Å². The molecule has 0 aliphatic heterocycles. The molecule has 0 saturated heterocycles. The first-order chi connectivity index (χ1) is 10.6. The molecule has 1 fully saturated rings. The van der Waals surface area contributed by atoms with Crippen LogP contribution in [0.1, 0.15) is 45.4 Å². The van der Waals surface area contributed by atoms with Gasteiger partial charge in [0.15, 0.2) is 0 Å². The topological polar surface area (TPSA) is 41.1 Å². The molecule has 3 nitrogen and oxygen atoms in total. The van der Waals surface area contributed by atoms with Crippen LogP contribution in [0.4, 0.5) is 10.1 Å². The Morgan fingerprint density at radius 2 is 1.95 bits per heavy atom. The van der Waals surface area contributed by atoms with Crippen molar-refractivity contribution in [2.45, 2.75) is 51.5 Å². The lowest BCUT2D eigenvalue weighted by Crippen LogP contribution is -2.37. The van der Waals surface area contributed by atoms with Crippen molar-refractivity contribution in [2.24, 2.45) is 5.92 Å². The molecule has 1 amide bonds. The van der Waals surface area contributed by atoms with E-state index in [1.165, 1.54) is 44.2 Å². The standard InChI is InChI=1S/C18H26FN2O/c1-14(13-20-17-10-8-16(19)9-11-17)21-18(22)12-7-15-5-3-2-4-6-15/h8-12,14-15,20H,2-7,13H2,1H3,(H,21,22)/t14-/m0/s1. The average molecular weight is 305 g/mol. The third-order valence-corrected chi connectivity index (χ3v) is 4.21. The Morgan fingerprint density at radius 3 is 2.64 bits per heavy atom. The van der Waals surface area contributed by atoms with Gasteiger partial charge in [-0.3, -0.25) is 4.79 Å². The van der Waals surface area contributed by atoms with E-state index < -0.39 is 0 Å². The summed E-state index contributed by atoms with van der Waals surface area (Å²) in [6, 6.07) is 6.26. The first kappa shape index (κ1) is 16.8. The molecule has 121 valence electrons. The average Bonchev–Trinajstić information content (AvgIpc) is 2.53. The van der Waals surface area contributed by atoms with E-state index in [1.54, 1.807) is 18.6 Å². The third-order valence-electron chi connectivity index (χ3n) is 4.21. The molecule has 4 heteroatoms. The van der Waals surface area contributed by atoms with Crippen LogP contribution >= 0.6 is 0 Å². The smallest absolute Gasteiger partial charge is 0.224 e. The lowest BCUT2D eigenvalue weighted by Gasteiger charge is -2.21. The van der Waals surface area contributed by atoms with Crippen LogP contribution < -0.4 is 10.6 Å². The number of hydrogen-bond donors (Lipinski definition) is 2. The Kier molecular flexibility index (Phi) is 6.69. The number of amides is 1. The van der Waals surface area contributed by atoms with Crippen molar-refractivity contribution < 1.29 is 9.18 Å². The molecule has 0 spiro atoms. The molecule has 0 aromatic heterocycles. The van der Waals surface area contributed by atoms with Crippen LogP contribution in [0.25, 0.3) is 0 Å². The molecule has 2 N–H and O–H groups in total. The number of anilines is 1. The van der Waals surface area contributed by atoms with Crippen molar-refractivity contribution in [3.05, 3.63) is 36.5 Å². The van der Waals surface area contributed by atoms with E-state index in [0.717, 1.165) is 12.1 Å². The molecule has 0 heterocycles. The fraction of sp³-hybridized carbons (Fsp3) is 0.556. The van der Waals surface area contributed by atoms with Crippen molar-refractivity contribution in [2.75, 3.05) is 11.9 Å². The van der Waals surface area contributed by atoms with Crippen LogP contribution in [-0.2, 0) is 4.79 Å². The zero-order chi connectivity index (χ0) is 15.8. The number of halogens is 1. The number of carbonyl (C=O) groups excluding carboxylic acids is 1. The van der Waals surface area contributed by atoms with Gasteiger partial charge in [0.05, 0.1) is 0 Å². The maximum atomic E-state index is 12.8. The molecule has 0 unspecified atom stereocenters. The quantitative estimate of drug-likeness (QED) is 0.801. The highest BCUT2D eigenvalue weighted by Gasteiger charge is 2.15. The lowest BCUT2D eigenvalue weighted by atomic mass is 9.86. The Morgan fingerprint density at radius 1 is 1.27 bits per heavy atom.